The second-order valence-electron chi connectivity index (χ2n) is 5.93. The number of hydrogen-bond donors (Lipinski definition) is 1. The number of aryl methyl sites for hydroxylation is 1. The minimum absolute atomic E-state index is 0.113. The highest BCUT2D eigenvalue weighted by molar-refractivity contribution is 7.88. The van der Waals surface area contributed by atoms with E-state index >= 15 is 0 Å². The van der Waals surface area contributed by atoms with Crippen molar-refractivity contribution < 1.29 is 40.4 Å². The Balaban J connectivity index is 1.97. The molecule has 0 aliphatic carbocycles. The minimum atomic E-state index is -5.78. The summed E-state index contributed by atoms with van der Waals surface area (Å²) in [6.07, 6.45) is -1.55. The average molecular weight is 381 g/mol. The summed E-state index contributed by atoms with van der Waals surface area (Å²) in [5.74, 6) is -0.848. The van der Waals surface area contributed by atoms with E-state index in [-0.39, 0.29) is 19.7 Å². The topological polar surface area (TPSA) is 93.1 Å². The standard InChI is InChI=1S/C14H14F3NO6S/c1-7-2-8(24-25(21,22)14(15,16)17)3-9-10-4-18(13(19)20)5-12(10)23-6-11(7)9/h2-3,10,12H,4-6H2,1H3,(H,19,20). The smallest absolute Gasteiger partial charge is 0.465 e. The molecule has 0 aromatic heterocycles. The van der Waals surface area contributed by atoms with Crippen LogP contribution < -0.4 is 4.18 Å². The molecule has 2 unspecified atom stereocenters. The van der Waals surface area contributed by atoms with Crippen LogP contribution in [0, 0.1) is 6.92 Å². The first-order valence-corrected chi connectivity index (χ1v) is 8.64. The van der Waals surface area contributed by atoms with Gasteiger partial charge in [0.15, 0.2) is 0 Å². The molecule has 1 aromatic carbocycles. The first kappa shape index (κ1) is 17.8. The molecular weight excluding hydrogens is 367 g/mol. The molecule has 0 spiro atoms. The van der Waals surface area contributed by atoms with Crippen LogP contribution >= 0.6 is 0 Å². The number of rotatable bonds is 2. The Morgan fingerprint density at radius 3 is 2.64 bits per heavy atom. The van der Waals surface area contributed by atoms with Crippen LogP contribution in [0.4, 0.5) is 18.0 Å². The summed E-state index contributed by atoms with van der Waals surface area (Å²) in [4.78, 5) is 12.3. The Morgan fingerprint density at radius 1 is 1.36 bits per heavy atom. The van der Waals surface area contributed by atoms with E-state index in [9.17, 15) is 26.4 Å². The Kier molecular flexibility index (Phi) is 4.11. The van der Waals surface area contributed by atoms with E-state index < -0.39 is 39.5 Å². The van der Waals surface area contributed by atoms with Gasteiger partial charge in [-0.2, -0.15) is 21.6 Å². The van der Waals surface area contributed by atoms with Crippen molar-refractivity contribution in [3.05, 3.63) is 28.8 Å². The number of halogens is 3. The zero-order chi connectivity index (χ0) is 18.6. The van der Waals surface area contributed by atoms with Crippen LogP contribution in [0.15, 0.2) is 12.1 Å². The Morgan fingerprint density at radius 2 is 2.04 bits per heavy atom. The number of carboxylic acid groups (broad SMARTS) is 1. The van der Waals surface area contributed by atoms with Gasteiger partial charge in [-0.05, 0) is 35.7 Å². The number of alkyl halides is 3. The van der Waals surface area contributed by atoms with E-state index in [4.69, 9.17) is 9.84 Å². The van der Waals surface area contributed by atoms with Crippen LogP contribution in [0.1, 0.15) is 22.6 Å². The molecule has 11 heteroatoms. The highest BCUT2D eigenvalue weighted by Crippen LogP contribution is 2.40. The summed E-state index contributed by atoms with van der Waals surface area (Å²) >= 11 is 0. The van der Waals surface area contributed by atoms with Crippen molar-refractivity contribution in [1.82, 2.24) is 4.90 Å². The molecule has 1 saturated heterocycles. The highest BCUT2D eigenvalue weighted by Gasteiger charge is 2.49. The van der Waals surface area contributed by atoms with E-state index in [1.54, 1.807) is 6.92 Å². The fourth-order valence-electron chi connectivity index (χ4n) is 3.15. The lowest BCUT2D eigenvalue weighted by molar-refractivity contribution is -0.0500. The molecule has 25 heavy (non-hydrogen) atoms. The van der Waals surface area contributed by atoms with Crippen molar-refractivity contribution in [1.29, 1.82) is 0 Å². The first-order valence-electron chi connectivity index (χ1n) is 7.23. The molecule has 7 nitrogen and oxygen atoms in total. The number of likely N-dealkylation sites (tertiary alicyclic amines) is 1. The van der Waals surface area contributed by atoms with E-state index in [0.717, 1.165) is 4.90 Å². The quantitative estimate of drug-likeness (QED) is 0.624. The van der Waals surface area contributed by atoms with Crippen LogP contribution in [0.5, 0.6) is 5.75 Å². The summed E-state index contributed by atoms with van der Waals surface area (Å²) in [6, 6.07) is 2.41. The van der Waals surface area contributed by atoms with Crippen molar-refractivity contribution in [2.75, 3.05) is 13.1 Å². The number of carbonyl (C=O) groups is 1. The van der Waals surface area contributed by atoms with Gasteiger partial charge in [-0.1, -0.05) is 0 Å². The van der Waals surface area contributed by atoms with Crippen molar-refractivity contribution in [3.8, 4) is 5.75 Å². The van der Waals surface area contributed by atoms with Gasteiger partial charge in [0.25, 0.3) is 0 Å². The molecule has 2 aliphatic rings. The Hall–Kier alpha value is -2.01. The van der Waals surface area contributed by atoms with Crippen molar-refractivity contribution in [2.24, 2.45) is 0 Å². The summed E-state index contributed by atoms with van der Waals surface area (Å²) in [6.45, 7) is 2.02. The number of hydrogen-bond acceptors (Lipinski definition) is 5. The molecule has 138 valence electrons. The molecule has 0 radical (unpaired) electrons. The van der Waals surface area contributed by atoms with Gasteiger partial charge in [0.1, 0.15) is 5.75 Å². The predicted octanol–water partition coefficient (Wildman–Crippen LogP) is 2.20. The van der Waals surface area contributed by atoms with Gasteiger partial charge < -0.3 is 18.9 Å². The third-order valence-corrected chi connectivity index (χ3v) is 5.33. The Labute approximate surface area is 141 Å². The van der Waals surface area contributed by atoms with Crippen LogP contribution in [0.25, 0.3) is 0 Å². The Bertz CT molecular complexity index is 823. The molecule has 1 amide bonds. The number of ether oxygens (including phenoxy) is 1. The van der Waals surface area contributed by atoms with Crippen LogP contribution in [-0.4, -0.2) is 49.2 Å². The number of amides is 1. The lowest BCUT2D eigenvalue weighted by Crippen LogP contribution is -2.30. The summed E-state index contributed by atoms with van der Waals surface area (Å²) in [5, 5.41) is 9.10. The first-order chi connectivity index (χ1) is 11.5. The molecule has 1 N–H and O–H groups in total. The molecule has 2 atom stereocenters. The summed E-state index contributed by atoms with van der Waals surface area (Å²) in [7, 11) is -5.78. The second kappa shape index (κ2) is 5.77. The predicted molar refractivity (Wildman–Crippen MR) is 77.7 cm³/mol. The summed E-state index contributed by atoms with van der Waals surface area (Å²) < 4.78 is 69.8. The minimum Gasteiger partial charge on any atom is -0.465 e. The summed E-state index contributed by atoms with van der Waals surface area (Å²) in [5.41, 5.74) is -3.77. The lowest BCUT2D eigenvalue weighted by atomic mass is 9.87. The van der Waals surface area contributed by atoms with Crippen molar-refractivity contribution in [2.45, 2.75) is 31.1 Å². The zero-order valence-corrected chi connectivity index (χ0v) is 13.7. The van der Waals surface area contributed by atoms with Gasteiger partial charge in [0, 0.05) is 12.5 Å². The molecule has 1 fully saturated rings. The molecule has 0 saturated carbocycles. The SMILES string of the molecule is Cc1cc(OS(=O)(=O)C(F)(F)F)cc2c1COC1CN(C(=O)O)CC21. The van der Waals surface area contributed by atoms with Gasteiger partial charge in [-0.25, -0.2) is 4.79 Å². The number of nitrogens with zero attached hydrogens (tertiary/aromatic N) is 1. The highest BCUT2D eigenvalue weighted by atomic mass is 32.2. The second-order valence-corrected chi connectivity index (χ2v) is 7.47. The van der Waals surface area contributed by atoms with E-state index in [1.165, 1.54) is 12.1 Å². The van der Waals surface area contributed by atoms with Gasteiger partial charge in [0.2, 0.25) is 0 Å². The maximum atomic E-state index is 12.5. The maximum absolute atomic E-state index is 12.5. The molecule has 2 heterocycles. The fraction of sp³-hybridized carbons (Fsp3) is 0.500. The van der Waals surface area contributed by atoms with Crippen LogP contribution in [0.3, 0.4) is 0 Å². The monoisotopic (exact) mass is 381 g/mol. The van der Waals surface area contributed by atoms with E-state index in [0.29, 0.717) is 16.7 Å². The molecule has 0 bridgehead atoms. The lowest BCUT2D eigenvalue weighted by Gasteiger charge is -2.29. The van der Waals surface area contributed by atoms with Crippen LogP contribution in [-0.2, 0) is 21.5 Å². The average Bonchev–Trinajstić information content (AvgIpc) is 2.90. The van der Waals surface area contributed by atoms with Gasteiger partial charge in [-0.3, -0.25) is 0 Å². The van der Waals surface area contributed by atoms with E-state index in [1.807, 2.05) is 0 Å². The third-order valence-electron chi connectivity index (χ3n) is 4.35. The van der Waals surface area contributed by atoms with E-state index in [2.05, 4.69) is 4.18 Å². The van der Waals surface area contributed by atoms with Gasteiger partial charge in [-0.15, -0.1) is 0 Å². The third kappa shape index (κ3) is 3.13. The molecule has 3 rings (SSSR count). The van der Waals surface area contributed by atoms with Gasteiger partial charge in [0.05, 0.1) is 19.3 Å². The van der Waals surface area contributed by atoms with Crippen molar-refractivity contribution in [3.63, 3.8) is 0 Å². The normalized spacial score (nSPS) is 23.1. The maximum Gasteiger partial charge on any atom is 0.534 e. The molecule has 2 aliphatic heterocycles. The fourth-order valence-corrected chi connectivity index (χ4v) is 3.59. The van der Waals surface area contributed by atoms with Crippen LogP contribution in [0.2, 0.25) is 0 Å². The number of benzene rings is 1. The molecule has 1 aromatic rings. The molecular formula is C14H14F3NO6S. The largest absolute Gasteiger partial charge is 0.534 e. The van der Waals surface area contributed by atoms with Gasteiger partial charge >= 0.3 is 21.7 Å². The zero-order valence-electron chi connectivity index (χ0n) is 12.9. The van der Waals surface area contributed by atoms with Crippen molar-refractivity contribution >= 4 is 16.2 Å². The number of fused-ring (bicyclic) bond motifs is 3.